The lowest BCUT2D eigenvalue weighted by atomic mass is 9.98. The van der Waals surface area contributed by atoms with Crippen molar-refractivity contribution in [1.29, 1.82) is 0 Å². The van der Waals surface area contributed by atoms with Crippen molar-refractivity contribution in [2.75, 3.05) is 0 Å². The van der Waals surface area contributed by atoms with Crippen LogP contribution in [-0.4, -0.2) is 50.8 Å². The third-order valence-electron chi connectivity index (χ3n) is 2.54. The van der Waals surface area contributed by atoms with Crippen LogP contribution in [0, 0.1) is 0 Å². The normalized spacial score (nSPS) is 16.7. The maximum Gasteiger partial charge on any atom is 0.664 e. The Morgan fingerprint density at radius 3 is 1.00 bits per heavy atom. The van der Waals surface area contributed by atoms with Gasteiger partial charge >= 0.3 is 50.8 Å². The second kappa shape index (κ2) is 6.21. The van der Waals surface area contributed by atoms with Crippen molar-refractivity contribution in [3.05, 3.63) is 0 Å². The van der Waals surface area contributed by atoms with E-state index in [2.05, 4.69) is 0 Å². The zero-order valence-corrected chi connectivity index (χ0v) is 12.2. The molecule has 0 aromatic heterocycles. The van der Waals surface area contributed by atoms with Crippen LogP contribution in [0.15, 0.2) is 0 Å². The SMILES string of the molecule is FC(F)(F)O[Si](F)(F)C(F)(F)C(F)(F)C(F)(F)C(F)(F)C(F)(F)C(F)(F)F. The van der Waals surface area contributed by atoms with Gasteiger partial charge in [0.2, 0.25) is 0 Å². The van der Waals surface area contributed by atoms with E-state index in [0.29, 0.717) is 0 Å². The number of halogens is 18. The smallest absolute Gasteiger partial charge is 0.274 e. The van der Waals surface area contributed by atoms with E-state index < -0.39 is 50.8 Å². The van der Waals surface area contributed by atoms with Gasteiger partial charge < -0.3 is 0 Å². The summed E-state index contributed by atoms with van der Waals surface area (Å²) in [6.45, 7) is 0. The fourth-order valence-electron chi connectivity index (χ4n) is 1.16. The van der Waals surface area contributed by atoms with Crippen LogP contribution in [-0.2, 0) is 4.43 Å². The first kappa shape index (κ1) is 25.9. The molecule has 0 aliphatic heterocycles. The number of hydrogen-bond donors (Lipinski definition) is 0. The summed E-state index contributed by atoms with van der Waals surface area (Å²) in [4.78, 5) is 0. The van der Waals surface area contributed by atoms with E-state index in [1.165, 1.54) is 4.43 Å². The van der Waals surface area contributed by atoms with Gasteiger partial charge in [-0.3, -0.25) is 4.43 Å². The number of alkyl halides is 16. The highest BCUT2D eigenvalue weighted by atomic mass is 28.4. The molecular formula is C7F18OSi. The van der Waals surface area contributed by atoms with E-state index in [4.69, 9.17) is 0 Å². The van der Waals surface area contributed by atoms with E-state index in [1.807, 2.05) is 0 Å². The molecule has 0 aliphatic carbocycles. The molecule has 0 aromatic carbocycles. The van der Waals surface area contributed by atoms with Crippen molar-refractivity contribution in [3.8, 4) is 0 Å². The van der Waals surface area contributed by atoms with Gasteiger partial charge in [0.15, 0.2) is 0 Å². The molecule has 0 rings (SSSR count). The monoisotopic (exact) mass is 470 g/mol. The second-order valence-electron chi connectivity index (χ2n) is 4.43. The topological polar surface area (TPSA) is 9.23 Å². The summed E-state index contributed by atoms with van der Waals surface area (Å²) in [7, 11) is -9.54. The van der Waals surface area contributed by atoms with Gasteiger partial charge in [-0.05, 0) is 0 Å². The average molecular weight is 470 g/mol. The van der Waals surface area contributed by atoms with E-state index in [1.54, 1.807) is 0 Å². The van der Waals surface area contributed by atoms with Crippen LogP contribution in [0.3, 0.4) is 0 Å². The standard InChI is InChI=1S/C7F18OSi/c8-1(9,3(12,13)5(16,17)18)2(10,11)4(14,15)6(19,20)27(24,25)26-7(21,22)23. The van der Waals surface area contributed by atoms with Gasteiger partial charge in [0.05, 0.1) is 0 Å². The van der Waals surface area contributed by atoms with Crippen LogP contribution in [0.25, 0.3) is 0 Å². The Morgan fingerprint density at radius 1 is 0.444 bits per heavy atom. The van der Waals surface area contributed by atoms with Gasteiger partial charge in [-0.2, -0.15) is 57.1 Å². The molecule has 0 bridgehead atoms. The Hall–Kier alpha value is -1.08. The third-order valence-corrected chi connectivity index (χ3v) is 4.08. The molecule has 0 atom stereocenters. The highest BCUT2D eigenvalue weighted by Crippen LogP contribution is 2.61. The van der Waals surface area contributed by atoms with Gasteiger partial charge in [0.25, 0.3) is 0 Å². The molecule has 0 aromatic rings. The first-order valence-corrected chi connectivity index (χ1v) is 6.97. The molecule has 20 heteroatoms. The zero-order valence-electron chi connectivity index (χ0n) is 11.2. The van der Waals surface area contributed by atoms with Crippen molar-refractivity contribution in [1.82, 2.24) is 0 Å². The summed E-state index contributed by atoms with van der Waals surface area (Å²) >= 11 is 0. The lowest BCUT2D eigenvalue weighted by molar-refractivity contribution is -0.436. The maximum absolute atomic E-state index is 12.9. The highest BCUT2D eigenvalue weighted by Gasteiger charge is 2.95. The Balaban J connectivity index is 6.47. The van der Waals surface area contributed by atoms with Gasteiger partial charge in [0.1, 0.15) is 0 Å². The molecular weight excluding hydrogens is 470 g/mol. The van der Waals surface area contributed by atoms with Crippen LogP contribution < -0.4 is 0 Å². The summed E-state index contributed by atoms with van der Waals surface area (Å²) in [5, 5.41) is 0. The van der Waals surface area contributed by atoms with Crippen LogP contribution in [0.5, 0.6) is 0 Å². The largest absolute Gasteiger partial charge is 0.664 e. The average Bonchev–Trinajstić information content (AvgIpc) is 2.33. The molecule has 0 saturated carbocycles. The second-order valence-corrected chi connectivity index (χ2v) is 6.30. The van der Waals surface area contributed by atoms with Crippen LogP contribution >= 0.6 is 0 Å². The van der Waals surface area contributed by atoms with Gasteiger partial charge in [0, 0.05) is 0 Å². The van der Waals surface area contributed by atoms with Gasteiger partial charge in [-0.25, -0.2) is 8.22 Å². The molecule has 1 nitrogen and oxygen atoms in total. The molecule has 0 amide bonds. The molecule has 0 saturated heterocycles. The molecule has 0 unspecified atom stereocenters. The summed E-state index contributed by atoms with van der Waals surface area (Å²) < 4.78 is 223. The minimum absolute atomic E-state index is 1.22. The summed E-state index contributed by atoms with van der Waals surface area (Å²) in [6, 6.07) is 0. The molecule has 164 valence electrons. The Kier molecular flexibility index (Phi) is 5.96. The molecule has 0 fully saturated rings. The zero-order chi connectivity index (χ0) is 22.7. The Bertz CT molecular complexity index is 541. The maximum atomic E-state index is 12.9. The highest BCUT2D eigenvalue weighted by molar-refractivity contribution is 6.62. The third kappa shape index (κ3) is 3.77. The minimum Gasteiger partial charge on any atom is -0.274 e. The van der Waals surface area contributed by atoms with E-state index in [0.717, 1.165) is 0 Å². The van der Waals surface area contributed by atoms with Crippen molar-refractivity contribution < 1.29 is 82.9 Å². The molecule has 27 heavy (non-hydrogen) atoms. The number of rotatable bonds is 6. The lowest BCUT2D eigenvalue weighted by Gasteiger charge is -2.40. The van der Waals surface area contributed by atoms with E-state index >= 15 is 0 Å². The van der Waals surface area contributed by atoms with Crippen molar-refractivity contribution >= 4 is 8.99 Å². The minimum atomic E-state index is -9.54. The first-order valence-electron chi connectivity index (χ1n) is 5.31. The molecule has 0 aliphatic rings. The van der Waals surface area contributed by atoms with E-state index in [9.17, 15) is 78.5 Å². The van der Waals surface area contributed by atoms with Crippen LogP contribution in [0.4, 0.5) is 78.5 Å². The van der Waals surface area contributed by atoms with Crippen LogP contribution in [0.1, 0.15) is 0 Å². The van der Waals surface area contributed by atoms with Crippen molar-refractivity contribution in [2.24, 2.45) is 0 Å². The molecule has 0 radical (unpaired) electrons. The lowest BCUT2D eigenvalue weighted by Crippen LogP contribution is -2.74. The predicted octanol–water partition coefficient (Wildman–Crippen LogP) is 5.68. The van der Waals surface area contributed by atoms with E-state index in [-0.39, 0.29) is 0 Å². The Morgan fingerprint density at radius 2 is 0.741 bits per heavy atom. The fourth-order valence-corrected chi connectivity index (χ4v) is 2.10. The fraction of sp³-hybridized carbons (Fsp3) is 1.00. The summed E-state index contributed by atoms with van der Waals surface area (Å²) in [6.07, 6.45) is -14.7. The molecule has 0 N–H and O–H groups in total. The van der Waals surface area contributed by atoms with Gasteiger partial charge in [-0.1, -0.05) is 0 Å². The first-order chi connectivity index (χ1) is 11.2. The molecule has 0 spiro atoms. The number of hydrogen-bond acceptors (Lipinski definition) is 1. The van der Waals surface area contributed by atoms with Crippen molar-refractivity contribution in [3.63, 3.8) is 0 Å². The summed E-state index contributed by atoms with van der Waals surface area (Å²) in [5.74, 6) is -33.9. The predicted molar refractivity (Wildman–Crippen MR) is 45.9 cm³/mol. The van der Waals surface area contributed by atoms with Crippen LogP contribution in [0.2, 0.25) is 0 Å². The molecule has 0 heterocycles. The van der Waals surface area contributed by atoms with Gasteiger partial charge in [-0.15, -0.1) is 13.2 Å². The van der Waals surface area contributed by atoms with Crippen molar-refractivity contribution in [2.45, 2.75) is 41.8 Å². The Labute approximate surface area is 135 Å². The summed E-state index contributed by atoms with van der Waals surface area (Å²) in [5.41, 5.74) is -8.22. The quantitative estimate of drug-likeness (QED) is 0.276.